The number of aromatic hydroxyl groups is 1. The van der Waals surface area contributed by atoms with Crippen molar-refractivity contribution in [2.24, 2.45) is 17.6 Å². The van der Waals surface area contributed by atoms with E-state index in [9.17, 15) is 39.6 Å². The van der Waals surface area contributed by atoms with Crippen LogP contribution in [0.5, 0.6) is 5.75 Å². The first-order valence-corrected chi connectivity index (χ1v) is 12.0. The molecule has 0 aromatic heterocycles. The number of ether oxygens (including phenoxy) is 1. The van der Waals surface area contributed by atoms with Gasteiger partial charge < -0.3 is 35.8 Å². The Bertz CT molecular complexity index is 1390. The predicted octanol–water partition coefficient (Wildman–Crippen LogP) is 0.879. The molecule has 13 nitrogen and oxygen atoms in total. The number of primary amides is 1. The number of hydrogen-bond donors (Lipinski definition) is 6. The number of carbonyl (C=O) groups is 4. The maximum atomic E-state index is 13.9. The van der Waals surface area contributed by atoms with E-state index in [0.29, 0.717) is 11.3 Å². The predicted molar refractivity (Wildman–Crippen MR) is 138 cm³/mol. The van der Waals surface area contributed by atoms with Crippen molar-refractivity contribution in [1.82, 2.24) is 4.90 Å². The number of rotatable bonds is 5. The summed E-state index contributed by atoms with van der Waals surface area (Å²) in [6.07, 6.45) is -0.0292. The number of aliphatic hydroxyl groups is 3. The second-order valence-corrected chi connectivity index (χ2v) is 10.2. The van der Waals surface area contributed by atoms with E-state index in [0.717, 1.165) is 6.26 Å². The third kappa shape index (κ3) is 3.92. The highest BCUT2D eigenvalue weighted by molar-refractivity contribution is 6.25. The van der Waals surface area contributed by atoms with Crippen molar-refractivity contribution >= 4 is 34.9 Å². The average molecular weight is 543 g/mol. The van der Waals surface area contributed by atoms with Gasteiger partial charge in [0, 0.05) is 31.3 Å². The van der Waals surface area contributed by atoms with E-state index < -0.39 is 69.9 Å². The molecule has 0 spiro atoms. The summed E-state index contributed by atoms with van der Waals surface area (Å²) in [5.41, 5.74) is 1.91. The SMILES string of the molecule is C=COC(=O)Nc1cc(N(C)C)c2c(c1O)C(=O)C1=C(O)C3(O)C(=O)C(C(N)=O)=C(O)C(N(C)C)C3CC1C2. The van der Waals surface area contributed by atoms with Crippen molar-refractivity contribution < 1.29 is 44.3 Å². The number of ketones is 2. The van der Waals surface area contributed by atoms with Crippen molar-refractivity contribution in [3.63, 3.8) is 0 Å². The van der Waals surface area contributed by atoms with Gasteiger partial charge in [-0.3, -0.25) is 24.6 Å². The van der Waals surface area contributed by atoms with E-state index in [1.54, 1.807) is 33.1 Å². The molecule has 0 saturated carbocycles. The van der Waals surface area contributed by atoms with E-state index in [-0.39, 0.29) is 29.7 Å². The van der Waals surface area contributed by atoms with Gasteiger partial charge in [0.15, 0.2) is 17.1 Å². The number of fused-ring (bicyclic) bond motifs is 3. The lowest BCUT2D eigenvalue weighted by molar-refractivity contribution is -0.148. The van der Waals surface area contributed by atoms with Crippen LogP contribution >= 0.6 is 0 Å². The number of nitrogens with zero attached hydrogens (tertiary/aromatic N) is 2. The van der Waals surface area contributed by atoms with Crippen LogP contribution in [-0.4, -0.2) is 88.7 Å². The number of nitrogens with one attached hydrogen (secondary N) is 1. The van der Waals surface area contributed by atoms with Gasteiger partial charge in [-0.25, -0.2) is 4.79 Å². The van der Waals surface area contributed by atoms with Crippen LogP contribution in [0.25, 0.3) is 0 Å². The van der Waals surface area contributed by atoms with Crippen LogP contribution < -0.4 is 16.0 Å². The van der Waals surface area contributed by atoms with Crippen LogP contribution in [0.2, 0.25) is 0 Å². The summed E-state index contributed by atoms with van der Waals surface area (Å²) < 4.78 is 4.64. The minimum atomic E-state index is -2.74. The van der Waals surface area contributed by atoms with Gasteiger partial charge in [-0.05, 0) is 44.5 Å². The number of phenolic OH excluding ortho intramolecular Hbond substituents is 1. The normalized spacial score (nSPS) is 26.1. The van der Waals surface area contributed by atoms with Crippen molar-refractivity contribution in [1.29, 1.82) is 0 Å². The molecule has 2 amide bonds. The van der Waals surface area contributed by atoms with E-state index >= 15 is 0 Å². The van der Waals surface area contributed by atoms with Crippen LogP contribution in [0.4, 0.5) is 16.2 Å². The van der Waals surface area contributed by atoms with Gasteiger partial charge in [-0.2, -0.15) is 0 Å². The Balaban J connectivity index is 1.95. The molecule has 13 heteroatoms. The van der Waals surface area contributed by atoms with Crippen molar-refractivity contribution in [2.45, 2.75) is 24.5 Å². The second-order valence-electron chi connectivity index (χ2n) is 10.2. The molecule has 39 heavy (non-hydrogen) atoms. The molecule has 4 atom stereocenters. The summed E-state index contributed by atoms with van der Waals surface area (Å²) in [5.74, 6) is -7.57. The fourth-order valence-corrected chi connectivity index (χ4v) is 6.01. The van der Waals surface area contributed by atoms with E-state index in [1.807, 2.05) is 0 Å². The Morgan fingerprint density at radius 2 is 1.85 bits per heavy atom. The molecule has 1 aromatic rings. The first-order chi connectivity index (χ1) is 18.2. The van der Waals surface area contributed by atoms with Crippen molar-refractivity contribution in [2.75, 3.05) is 38.4 Å². The molecule has 0 fully saturated rings. The molecule has 4 unspecified atom stereocenters. The molecule has 0 aliphatic heterocycles. The zero-order valence-electron chi connectivity index (χ0n) is 21.8. The van der Waals surface area contributed by atoms with E-state index in [2.05, 4.69) is 16.6 Å². The standard InChI is InChI=1S/C26H30N4O9/c1-6-39-25(37)28-13-9-14(29(2)3)11-7-10-8-12-18(30(4)5)21(33)17(24(27)36)23(35)26(12,38)22(34)15(10)20(32)16(11)19(13)31/h6,9-10,12,18,31,33-34,38H,1,7-8H2,2-5H3,(H2,27,36)(H,28,37). The number of allylic oxidation sites excluding steroid dienone is 1. The maximum absolute atomic E-state index is 13.9. The summed E-state index contributed by atoms with van der Waals surface area (Å²) in [7, 11) is 6.51. The number of aliphatic hydroxyl groups excluding tert-OH is 2. The Hall–Kier alpha value is -4.36. The zero-order valence-corrected chi connectivity index (χ0v) is 21.8. The molecule has 1 aromatic carbocycles. The number of benzene rings is 1. The van der Waals surface area contributed by atoms with Crippen LogP contribution in [0.1, 0.15) is 22.3 Å². The van der Waals surface area contributed by atoms with E-state index in [4.69, 9.17) is 5.73 Å². The zero-order chi connectivity index (χ0) is 29.1. The molecule has 3 aliphatic carbocycles. The van der Waals surface area contributed by atoms with Crippen molar-refractivity contribution in [3.8, 4) is 5.75 Å². The summed E-state index contributed by atoms with van der Waals surface area (Å²) in [6, 6.07) is 0.375. The highest BCUT2D eigenvalue weighted by atomic mass is 16.5. The van der Waals surface area contributed by atoms with Gasteiger partial charge in [0.25, 0.3) is 5.91 Å². The fourth-order valence-electron chi connectivity index (χ4n) is 6.01. The summed E-state index contributed by atoms with van der Waals surface area (Å²) in [5, 5.41) is 47.3. The van der Waals surface area contributed by atoms with Gasteiger partial charge in [0.05, 0.1) is 23.6 Å². The number of carbonyl (C=O) groups excluding carboxylic acids is 4. The monoisotopic (exact) mass is 542 g/mol. The summed E-state index contributed by atoms with van der Waals surface area (Å²) in [4.78, 5) is 54.5. The average Bonchev–Trinajstić information content (AvgIpc) is 2.82. The topological polar surface area (TPSA) is 203 Å². The molecule has 0 saturated heterocycles. The van der Waals surface area contributed by atoms with Gasteiger partial charge in [0.2, 0.25) is 5.78 Å². The third-order valence-corrected chi connectivity index (χ3v) is 7.61. The van der Waals surface area contributed by atoms with Crippen molar-refractivity contribution in [3.05, 3.63) is 52.7 Å². The Morgan fingerprint density at radius 3 is 2.38 bits per heavy atom. The first-order valence-electron chi connectivity index (χ1n) is 12.0. The number of anilines is 2. The van der Waals surface area contributed by atoms with Gasteiger partial charge >= 0.3 is 6.09 Å². The maximum Gasteiger partial charge on any atom is 0.416 e. The molecular formula is C26H30N4O9. The lowest BCUT2D eigenvalue weighted by Gasteiger charge is -2.50. The van der Waals surface area contributed by atoms with Crippen LogP contribution in [0, 0.1) is 11.8 Å². The van der Waals surface area contributed by atoms with Gasteiger partial charge in [0.1, 0.15) is 17.1 Å². The number of phenols is 1. The Kier molecular flexibility index (Phi) is 6.69. The number of hydrogen-bond acceptors (Lipinski definition) is 11. The largest absolute Gasteiger partial charge is 0.510 e. The highest BCUT2D eigenvalue weighted by Crippen LogP contribution is 2.53. The molecule has 0 heterocycles. The minimum Gasteiger partial charge on any atom is -0.510 e. The van der Waals surface area contributed by atoms with Gasteiger partial charge in [-0.1, -0.05) is 6.58 Å². The molecule has 0 radical (unpaired) electrons. The molecule has 0 bridgehead atoms. The van der Waals surface area contributed by atoms with Crippen LogP contribution in [0.3, 0.4) is 0 Å². The lowest BCUT2D eigenvalue weighted by atomic mass is 9.58. The molecule has 208 valence electrons. The second kappa shape index (κ2) is 9.43. The first kappa shape index (κ1) is 27.7. The fraction of sp³-hybridized carbons (Fsp3) is 0.385. The van der Waals surface area contributed by atoms with Crippen LogP contribution in [0.15, 0.2) is 41.6 Å². The molecular weight excluding hydrogens is 512 g/mol. The molecule has 4 rings (SSSR count). The van der Waals surface area contributed by atoms with Gasteiger partial charge in [-0.15, -0.1) is 0 Å². The molecule has 7 N–H and O–H groups in total. The van der Waals surface area contributed by atoms with Crippen LogP contribution in [-0.2, 0) is 20.7 Å². The minimum absolute atomic E-state index is 0.0367. The third-order valence-electron chi connectivity index (χ3n) is 7.61. The number of Topliss-reactive ketones (excluding diaryl/α,β-unsaturated/α-hetero) is 2. The Morgan fingerprint density at radius 1 is 1.21 bits per heavy atom. The quantitative estimate of drug-likeness (QED) is 0.175. The molecule has 3 aliphatic rings. The Labute approximate surface area is 223 Å². The smallest absolute Gasteiger partial charge is 0.416 e. The lowest BCUT2D eigenvalue weighted by Crippen LogP contribution is -2.63. The highest BCUT2D eigenvalue weighted by Gasteiger charge is 2.63. The summed E-state index contributed by atoms with van der Waals surface area (Å²) in [6.45, 7) is 3.29. The number of amides is 2. The van der Waals surface area contributed by atoms with E-state index in [1.165, 1.54) is 11.0 Å². The number of likely N-dealkylation sites (N-methyl/N-ethyl adjacent to an activating group) is 1. The number of nitrogens with two attached hydrogens (primary N) is 1. The summed E-state index contributed by atoms with van der Waals surface area (Å²) >= 11 is 0.